The van der Waals surface area contributed by atoms with E-state index in [1.807, 2.05) is 0 Å². The number of rotatable bonds is 2. The smallest absolute Gasteiger partial charge is 0.262 e. The average molecular weight is 299 g/mol. The summed E-state index contributed by atoms with van der Waals surface area (Å²) in [7, 11) is 1.46. The molecule has 3 aliphatic rings. The summed E-state index contributed by atoms with van der Waals surface area (Å²) in [6.45, 7) is 0. The summed E-state index contributed by atoms with van der Waals surface area (Å²) >= 11 is 0. The fourth-order valence-corrected chi connectivity index (χ4v) is 3.29. The summed E-state index contributed by atoms with van der Waals surface area (Å²) in [5.41, 5.74) is 0.650. The fourth-order valence-electron chi connectivity index (χ4n) is 3.29. The Labute approximate surface area is 126 Å². The molecule has 0 aliphatic carbocycles. The van der Waals surface area contributed by atoms with Gasteiger partial charge in [-0.1, -0.05) is 18.2 Å². The summed E-state index contributed by atoms with van der Waals surface area (Å²) < 4.78 is 11.0. The molecule has 1 fully saturated rings. The number of methoxy groups -OCH3 is 1. The molecule has 1 saturated heterocycles. The molecule has 4 rings (SSSR count). The summed E-state index contributed by atoms with van der Waals surface area (Å²) in [4.78, 5) is 38.6. The monoisotopic (exact) mass is 299 g/mol. The third-order valence-corrected chi connectivity index (χ3v) is 4.39. The zero-order valence-electron chi connectivity index (χ0n) is 11.8. The van der Waals surface area contributed by atoms with Crippen LogP contribution in [-0.2, 0) is 14.3 Å². The van der Waals surface area contributed by atoms with Crippen molar-refractivity contribution in [3.05, 3.63) is 47.5 Å². The maximum atomic E-state index is 12.5. The lowest BCUT2D eigenvalue weighted by Gasteiger charge is -2.38. The Morgan fingerprint density at radius 3 is 2.41 bits per heavy atom. The second-order valence-electron chi connectivity index (χ2n) is 5.57. The number of carbonyl (C=O) groups is 3. The minimum atomic E-state index is -1.06. The Morgan fingerprint density at radius 2 is 1.82 bits per heavy atom. The lowest BCUT2D eigenvalue weighted by atomic mass is 9.98. The largest absolute Gasteiger partial charge is 0.349 e. The van der Waals surface area contributed by atoms with Crippen LogP contribution in [0.3, 0.4) is 0 Å². The van der Waals surface area contributed by atoms with Gasteiger partial charge in [0.2, 0.25) is 0 Å². The van der Waals surface area contributed by atoms with Crippen LogP contribution in [0.5, 0.6) is 0 Å². The third kappa shape index (κ3) is 1.59. The SMILES string of the molecule is CO[C@]12C=C[C@H](O1)[C@@H](N1C(=O)c3ccccc3C1=O)C(=O)C2. The summed E-state index contributed by atoms with van der Waals surface area (Å²) in [6.07, 6.45) is 2.67. The van der Waals surface area contributed by atoms with E-state index in [0.29, 0.717) is 11.1 Å². The number of carbonyl (C=O) groups excluding carboxylic acids is 3. The predicted octanol–water partition coefficient (Wildman–Crippen LogP) is 0.922. The quantitative estimate of drug-likeness (QED) is 0.600. The van der Waals surface area contributed by atoms with E-state index in [9.17, 15) is 14.4 Å². The molecule has 2 bridgehead atoms. The number of fused-ring (bicyclic) bond motifs is 3. The molecule has 0 radical (unpaired) electrons. The Morgan fingerprint density at radius 1 is 1.18 bits per heavy atom. The molecular weight excluding hydrogens is 286 g/mol. The van der Waals surface area contributed by atoms with E-state index in [1.54, 1.807) is 36.4 Å². The van der Waals surface area contributed by atoms with E-state index in [2.05, 4.69) is 0 Å². The molecule has 0 unspecified atom stereocenters. The van der Waals surface area contributed by atoms with E-state index < -0.39 is 29.7 Å². The van der Waals surface area contributed by atoms with E-state index >= 15 is 0 Å². The van der Waals surface area contributed by atoms with Crippen molar-refractivity contribution in [1.29, 1.82) is 0 Å². The highest BCUT2D eigenvalue weighted by Gasteiger charge is 2.54. The predicted molar refractivity (Wildman–Crippen MR) is 74.1 cm³/mol. The van der Waals surface area contributed by atoms with Crippen molar-refractivity contribution in [2.45, 2.75) is 24.4 Å². The van der Waals surface area contributed by atoms with Gasteiger partial charge in [-0.05, 0) is 18.2 Å². The highest BCUT2D eigenvalue weighted by Crippen LogP contribution is 2.39. The van der Waals surface area contributed by atoms with Gasteiger partial charge in [-0.15, -0.1) is 0 Å². The first-order valence-electron chi connectivity index (χ1n) is 6.98. The van der Waals surface area contributed by atoms with Gasteiger partial charge in [-0.25, -0.2) is 0 Å². The van der Waals surface area contributed by atoms with Gasteiger partial charge < -0.3 is 9.47 Å². The van der Waals surface area contributed by atoms with Gasteiger partial charge in [0.1, 0.15) is 12.1 Å². The van der Waals surface area contributed by atoms with Gasteiger partial charge in [0.15, 0.2) is 11.6 Å². The molecule has 0 aromatic heterocycles. The highest BCUT2D eigenvalue weighted by atomic mass is 16.7. The number of ketones is 1. The van der Waals surface area contributed by atoms with Gasteiger partial charge in [-0.3, -0.25) is 19.3 Å². The molecule has 2 amide bonds. The summed E-state index contributed by atoms with van der Waals surface area (Å²) in [6, 6.07) is 5.63. The minimum absolute atomic E-state index is 0.0193. The van der Waals surface area contributed by atoms with Gasteiger partial charge in [0.05, 0.1) is 17.5 Å². The number of hydrogen-bond acceptors (Lipinski definition) is 5. The van der Waals surface area contributed by atoms with Crippen molar-refractivity contribution in [2.24, 2.45) is 0 Å². The van der Waals surface area contributed by atoms with Crippen molar-refractivity contribution in [3.63, 3.8) is 0 Å². The molecule has 0 N–H and O–H groups in total. The standard InChI is InChI=1S/C16H13NO5/c1-21-16-7-6-12(22-16)13(11(18)8-16)17-14(19)9-4-2-3-5-10(9)15(17)20/h2-7,12-13H,8H2,1H3/t12-,13-,16+/m0/s1. The van der Waals surface area contributed by atoms with Crippen molar-refractivity contribution in [1.82, 2.24) is 4.90 Å². The molecule has 3 heterocycles. The number of imide groups is 1. The average Bonchev–Trinajstić information content (AvgIpc) is 3.00. The molecule has 6 heteroatoms. The summed E-state index contributed by atoms with van der Waals surface area (Å²) in [5, 5.41) is 0. The summed E-state index contributed by atoms with van der Waals surface area (Å²) in [5.74, 6) is -2.20. The molecular formula is C16H13NO5. The Kier molecular flexibility index (Phi) is 2.64. The molecule has 3 atom stereocenters. The number of amides is 2. The van der Waals surface area contributed by atoms with Crippen molar-refractivity contribution >= 4 is 17.6 Å². The zero-order valence-corrected chi connectivity index (χ0v) is 11.8. The van der Waals surface area contributed by atoms with Crippen molar-refractivity contribution in [2.75, 3.05) is 7.11 Å². The Hall–Kier alpha value is -2.31. The molecule has 0 saturated carbocycles. The first kappa shape index (κ1) is 13.4. The van der Waals surface area contributed by atoms with Gasteiger partial charge in [0, 0.05) is 7.11 Å². The van der Waals surface area contributed by atoms with Crippen molar-refractivity contribution < 1.29 is 23.9 Å². The van der Waals surface area contributed by atoms with Gasteiger partial charge >= 0.3 is 0 Å². The second-order valence-corrected chi connectivity index (χ2v) is 5.57. The third-order valence-electron chi connectivity index (χ3n) is 4.39. The topological polar surface area (TPSA) is 72.9 Å². The fraction of sp³-hybridized carbons (Fsp3) is 0.312. The zero-order chi connectivity index (χ0) is 15.5. The first-order valence-corrected chi connectivity index (χ1v) is 6.98. The maximum absolute atomic E-state index is 12.5. The molecule has 112 valence electrons. The Balaban J connectivity index is 1.73. The van der Waals surface area contributed by atoms with Crippen LogP contribution in [0.4, 0.5) is 0 Å². The van der Waals surface area contributed by atoms with Gasteiger partial charge in [-0.2, -0.15) is 0 Å². The molecule has 6 nitrogen and oxygen atoms in total. The van der Waals surface area contributed by atoms with E-state index in [-0.39, 0.29) is 12.2 Å². The van der Waals surface area contributed by atoms with Crippen LogP contribution < -0.4 is 0 Å². The molecule has 3 aliphatic heterocycles. The van der Waals surface area contributed by atoms with Crippen LogP contribution in [-0.4, -0.2) is 47.5 Å². The first-order chi connectivity index (χ1) is 10.6. The molecule has 22 heavy (non-hydrogen) atoms. The van der Waals surface area contributed by atoms with Crippen LogP contribution in [0.25, 0.3) is 0 Å². The van der Waals surface area contributed by atoms with Crippen LogP contribution in [0.2, 0.25) is 0 Å². The van der Waals surface area contributed by atoms with Crippen LogP contribution in [0.1, 0.15) is 27.1 Å². The normalized spacial score (nSPS) is 32.8. The van der Waals surface area contributed by atoms with Gasteiger partial charge in [0.25, 0.3) is 11.8 Å². The van der Waals surface area contributed by atoms with Crippen LogP contribution >= 0.6 is 0 Å². The van der Waals surface area contributed by atoms with Crippen molar-refractivity contribution in [3.8, 4) is 0 Å². The minimum Gasteiger partial charge on any atom is -0.349 e. The highest BCUT2D eigenvalue weighted by molar-refractivity contribution is 6.23. The molecule has 1 aromatic carbocycles. The number of Topliss-reactive ketones (excluding diaryl/α,β-unsaturated/α-hetero) is 1. The molecule has 1 aromatic rings. The lowest BCUT2D eigenvalue weighted by molar-refractivity contribution is -0.219. The number of nitrogens with zero attached hydrogens (tertiary/aromatic N) is 1. The second kappa shape index (κ2) is 4.34. The van der Waals surface area contributed by atoms with E-state index in [4.69, 9.17) is 9.47 Å². The number of hydrogen-bond donors (Lipinski definition) is 0. The van der Waals surface area contributed by atoms with Crippen LogP contribution in [0, 0.1) is 0 Å². The number of ether oxygens (including phenoxy) is 2. The Bertz CT molecular complexity index is 705. The van der Waals surface area contributed by atoms with Crippen LogP contribution in [0.15, 0.2) is 36.4 Å². The lowest BCUT2D eigenvalue weighted by Crippen LogP contribution is -2.57. The number of benzene rings is 1. The van der Waals surface area contributed by atoms with E-state index in [1.165, 1.54) is 7.11 Å². The maximum Gasteiger partial charge on any atom is 0.262 e. The molecule has 0 spiro atoms. The van der Waals surface area contributed by atoms with E-state index in [0.717, 1.165) is 4.90 Å².